The van der Waals surface area contributed by atoms with E-state index in [-0.39, 0.29) is 16.7 Å². The van der Waals surface area contributed by atoms with Crippen molar-refractivity contribution in [2.45, 2.75) is 13.8 Å². The van der Waals surface area contributed by atoms with Gasteiger partial charge in [0.1, 0.15) is 5.69 Å². The smallest absolute Gasteiger partial charge is 0.301 e. The summed E-state index contributed by atoms with van der Waals surface area (Å²) >= 11 is 0. The molecule has 0 radical (unpaired) electrons. The quantitative estimate of drug-likeness (QED) is 0.314. The Bertz CT molecular complexity index is 595. The number of aromatic nitrogens is 2. The summed E-state index contributed by atoms with van der Waals surface area (Å²) in [7, 11) is 0. The van der Waals surface area contributed by atoms with Gasteiger partial charge in [-0.1, -0.05) is 0 Å². The lowest BCUT2D eigenvalue weighted by atomic mass is 10.2. The van der Waals surface area contributed by atoms with E-state index in [0.717, 1.165) is 0 Å². The fraction of sp³-hybridized carbons (Fsp3) is 0.200. The van der Waals surface area contributed by atoms with Crippen LogP contribution in [0.2, 0.25) is 0 Å². The van der Waals surface area contributed by atoms with Crippen LogP contribution in [0.1, 0.15) is 11.4 Å². The van der Waals surface area contributed by atoms with Gasteiger partial charge in [0.15, 0.2) is 0 Å². The summed E-state index contributed by atoms with van der Waals surface area (Å²) in [6.07, 6.45) is 0. The minimum atomic E-state index is -0.538. The maximum Gasteiger partial charge on any atom is 0.301 e. The third kappa shape index (κ3) is 1.35. The standard InChI is InChI=1S/C10H9N3O3/c1-6-7(2)12(14)8-4-3-5-9(13(15)16)10(8)11-6/h3-5H,1-2H3. The van der Waals surface area contributed by atoms with Crippen molar-refractivity contribution >= 4 is 16.7 Å². The molecule has 6 nitrogen and oxygen atoms in total. The van der Waals surface area contributed by atoms with Crippen LogP contribution in [0.5, 0.6) is 0 Å². The largest absolute Gasteiger partial charge is 0.618 e. The van der Waals surface area contributed by atoms with E-state index in [4.69, 9.17) is 0 Å². The van der Waals surface area contributed by atoms with E-state index in [2.05, 4.69) is 4.98 Å². The fourth-order valence-corrected chi connectivity index (χ4v) is 1.52. The van der Waals surface area contributed by atoms with Gasteiger partial charge in [-0.2, -0.15) is 4.73 Å². The second-order valence-electron chi connectivity index (χ2n) is 3.48. The molecule has 6 heteroatoms. The summed E-state index contributed by atoms with van der Waals surface area (Å²) in [6, 6.07) is 4.34. The SMILES string of the molecule is Cc1nc2c([N+](=O)[O-])cccc2[n+]([O-])c1C. The van der Waals surface area contributed by atoms with Crippen LogP contribution in [0.25, 0.3) is 11.0 Å². The highest BCUT2D eigenvalue weighted by atomic mass is 16.6. The first-order valence-corrected chi connectivity index (χ1v) is 4.66. The van der Waals surface area contributed by atoms with E-state index in [9.17, 15) is 15.3 Å². The lowest BCUT2D eigenvalue weighted by Crippen LogP contribution is -2.32. The third-order valence-electron chi connectivity index (χ3n) is 2.52. The van der Waals surface area contributed by atoms with Gasteiger partial charge in [0, 0.05) is 19.1 Å². The molecule has 0 aliphatic carbocycles. The van der Waals surface area contributed by atoms with Crippen molar-refractivity contribution in [2.75, 3.05) is 0 Å². The Morgan fingerprint density at radius 1 is 1.38 bits per heavy atom. The first-order chi connectivity index (χ1) is 7.52. The van der Waals surface area contributed by atoms with Crippen LogP contribution in [-0.4, -0.2) is 9.91 Å². The first-order valence-electron chi connectivity index (χ1n) is 4.66. The number of benzene rings is 1. The van der Waals surface area contributed by atoms with Gasteiger partial charge in [-0.3, -0.25) is 10.1 Å². The van der Waals surface area contributed by atoms with E-state index >= 15 is 0 Å². The zero-order valence-corrected chi connectivity index (χ0v) is 8.80. The van der Waals surface area contributed by atoms with Gasteiger partial charge in [0.25, 0.3) is 0 Å². The molecule has 0 N–H and O–H groups in total. The highest BCUT2D eigenvalue weighted by molar-refractivity contribution is 5.81. The number of non-ortho nitro benzene ring substituents is 1. The molecular weight excluding hydrogens is 210 g/mol. The van der Waals surface area contributed by atoms with Gasteiger partial charge < -0.3 is 5.21 Å². The maximum absolute atomic E-state index is 11.8. The van der Waals surface area contributed by atoms with Crippen LogP contribution in [0.15, 0.2) is 18.2 Å². The summed E-state index contributed by atoms with van der Waals surface area (Å²) < 4.78 is 0.671. The van der Waals surface area contributed by atoms with Crippen molar-refractivity contribution in [3.05, 3.63) is 44.9 Å². The first kappa shape index (κ1) is 10.3. The fourth-order valence-electron chi connectivity index (χ4n) is 1.52. The Labute approximate surface area is 90.9 Å². The predicted molar refractivity (Wildman–Crippen MR) is 56.8 cm³/mol. The second-order valence-corrected chi connectivity index (χ2v) is 3.48. The lowest BCUT2D eigenvalue weighted by Gasteiger charge is -2.06. The molecule has 0 fully saturated rings. The van der Waals surface area contributed by atoms with Gasteiger partial charge in [0.05, 0.1) is 4.92 Å². The van der Waals surface area contributed by atoms with Crippen LogP contribution >= 0.6 is 0 Å². The predicted octanol–water partition coefficient (Wildman–Crippen LogP) is 1.39. The Morgan fingerprint density at radius 2 is 2.06 bits per heavy atom. The van der Waals surface area contributed by atoms with Crippen LogP contribution < -0.4 is 4.73 Å². The third-order valence-corrected chi connectivity index (χ3v) is 2.52. The molecule has 0 spiro atoms. The number of nitrogens with zero attached hydrogens (tertiary/aromatic N) is 3. The van der Waals surface area contributed by atoms with Crippen molar-refractivity contribution in [1.29, 1.82) is 0 Å². The van der Waals surface area contributed by atoms with Crippen molar-refractivity contribution in [1.82, 2.24) is 4.98 Å². The molecule has 1 aromatic carbocycles. The summed E-state index contributed by atoms with van der Waals surface area (Å²) in [5.74, 6) is 0. The molecule has 16 heavy (non-hydrogen) atoms. The molecule has 82 valence electrons. The number of nitro groups is 1. The second kappa shape index (κ2) is 3.41. The lowest BCUT2D eigenvalue weighted by molar-refractivity contribution is -0.585. The average molecular weight is 219 g/mol. The number of para-hydroxylation sites is 1. The van der Waals surface area contributed by atoms with E-state index in [1.54, 1.807) is 13.8 Å². The zero-order chi connectivity index (χ0) is 11.9. The van der Waals surface area contributed by atoms with Gasteiger partial charge >= 0.3 is 5.69 Å². The van der Waals surface area contributed by atoms with Gasteiger partial charge in [0.2, 0.25) is 16.7 Å². The van der Waals surface area contributed by atoms with Gasteiger partial charge in [-0.05, 0) is 13.0 Å². The van der Waals surface area contributed by atoms with Gasteiger partial charge in [-0.15, -0.1) is 0 Å². The monoisotopic (exact) mass is 219 g/mol. The van der Waals surface area contributed by atoms with E-state index in [0.29, 0.717) is 16.1 Å². The molecule has 0 unspecified atom stereocenters. The minimum absolute atomic E-state index is 0.130. The molecule has 0 bridgehead atoms. The number of aryl methyl sites for hydroxylation is 1. The molecule has 0 aliphatic heterocycles. The van der Waals surface area contributed by atoms with Crippen LogP contribution in [0.3, 0.4) is 0 Å². The van der Waals surface area contributed by atoms with Crippen molar-refractivity contribution in [3.63, 3.8) is 0 Å². The van der Waals surface area contributed by atoms with Crippen LogP contribution in [0, 0.1) is 29.2 Å². The summed E-state index contributed by atoms with van der Waals surface area (Å²) in [5, 5.41) is 22.6. The molecule has 2 rings (SSSR count). The Balaban J connectivity index is 2.95. The molecular formula is C10H9N3O3. The summed E-state index contributed by atoms with van der Waals surface area (Å²) in [5.41, 5.74) is 1.15. The molecule has 0 atom stereocenters. The van der Waals surface area contributed by atoms with Gasteiger partial charge in [-0.25, -0.2) is 4.98 Å². The Morgan fingerprint density at radius 3 is 2.69 bits per heavy atom. The van der Waals surface area contributed by atoms with Crippen LogP contribution in [0.4, 0.5) is 5.69 Å². The van der Waals surface area contributed by atoms with Crippen molar-refractivity contribution < 1.29 is 9.65 Å². The Kier molecular flexibility index (Phi) is 2.19. The molecule has 0 aliphatic rings. The normalized spacial score (nSPS) is 10.6. The van der Waals surface area contributed by atoms with E-state index in [1.807, 2.05) is 0 Å². The molecule has 0 saturated heterocycles. The summed E-state index contributed by atoms with van der Waals surface area (Å²) in [6.45, 7) is 3.29. The van der Waals surface area contributed by atoms with Crippen molar-refractivity contribution in [3.8, 4) is 0 Å². The number of nitro benzene ring substituents is 1. The van der Waals surface area contributed by atoms with Crippen molar-refractivity contribution in [2.24, 2.45) is 0 Å². The van der Waals surface area contributed by atoms with Crippen LogP contribution in [-0.2, 0) is 0 Å². The number of fused-ring (bicyclic) bond motifs is 1. The van der Waals surface area contributed by atoms with E-state index in [1.165, 1.54) is 18.2 Å². The molecule has 1 aromatic heterocycles. The zero-order valence-electron chi connectivity index (χ0n) is 8.80. The number of hydrogen-bond acceptors (Lipinski definition) is 4. The Hall–Kier alpha value is -2.24. The van der Waals surface area contributed by atoms with E-state index < -0.39 is 4.92 Å². The highest BCUT2D eigenvalue weighted by Gasteiger charge is 2.20. The molecule has 2 aromatic rings. The number of hydrogen-bond donors (Lipinski definition) is 0. The average Bonchev–Trinajstić information content (AvgIpc) is 2.25. The number of rotatable bonds is 1. The topological polar surface area (TPSA) is 83.0 Å². The molecule has 0 amide bonds. The maximum atomic E-state index is 11.8. The highest BCUT2D eigenvalue weighted by Crippen LogP contribution is 2.21. The molecule has 1 heterocycles. The molecule has 0 saturated carbocycles. The summed E-state index contributed by atoms with van der Waals surface area (Å²) in [4.78, 5) is 14.3. The minimum Gasteiger partial charge on any atom is -0.618 e.